The third-order valence-electron chi connectivity index (χ3n) is 2.42. The number of rotatable bonds is 3. The number of hydrogen-bond acceptors (Lipinski definition) is 4. The quantitative estimate of drug-likeness (QED) is 0.795. The van der Waals surface area contributed by atoms with Gasteiger partial charge in [-0.2, -0.15) is 0 Å². The molecule has 0 bridgehead atoms. The molecule has 0 aliphatic rings. The van der Waals surface area contributed by atoms with E-state index in [1.165, 1.54) is 11.3 Å². The summed E-state index contributed by atoms with van der Waals surface area (Å²) in [6, 6.07) is 3.96. The van der Waals surface area contributed by atoms with E-state index in [9.17, 15) is 4.79 Å². The summed E-state index contributed by atoms with van der Waals surface area (Å²) >= 11 is 6.52. The third kappa shape index (κ3) is 2.09. The van der Waals surface area contributed by atoms with Gasteiger partial charge in [-0.05, 0) is 27.4 Å². The van der Waals surface area contributed by atoms with Crippen molar-refractivity contribution < 1.29 is 4.79 Å². The van der Waals surface area contributed by atoms with Crippen LogP contribution in [0.5, 0.6) is 0 Å². The van der Waals surface area contributed by atoms with Crippen molar-refractivity contribution in [2.24, 2.45) is 0 Å². The number of amides is 1. The molecule has 3 heterocycles. The largest absolute Gasteiger partial charge is 0.346 e. The van der Waals surface area contributed by atoms with E-state index in [1.807, 2.05) is 33.5 Å². The van der Waals surface area contributed by atoms with Gasteiger partial charge in [0.25, 0.3) is 5.91 Å². The molecule has 0 atom stereocenters. The summed E-state index contributed by atoms with van der Waals surface area (Å²) in [6.45, 7) is 0.536. The zero-order valence-corrected chi connectivity index (χ0v) is 12.3. The Hall–Kier alpha value is -1.18. The van der Waals surface area contributed by atoms with Gasteiger partial charge in [0.2, 0.25) is 0 Å². The Morgan fingerprint density at radius 3 is 3.06 bits per heavy atom. The molecule has 0 aliphatic heterocycles. The summed E-state index contributed by atoms with van der Waals surface area (Å²) < 4.78 is 2.55. The fraction of sp³-hybridized carbons (Fsp3) is 0.0909. The molecule has 18 heavy (non-hydrogen) atoms. The van der Waals surface area contributed by atoms with E-state index < -0.39 is 0 Å². The van der Waals surface area contributed by atoms with Crippen LogP contribution < -0.4 is 5.32 Å². The van der Waals surface area contributed by atoms with E-state index in [4.69, 9.17) is 0 Å². The number of hydrogen-bond donors (Lipinski definition) is 1. The number of imidazole rings is 1. The predicted octanol–water partition coefficient (Wildman–Crippen LogP) is 3.15. The van der Waals surface area contributed by atoms with Gasteiger partial charge in [0, 0.05) is 16.5 Å². The molecule has 3 aromatic heterocycles. The molecular formula is C11H8BrN3OS2. The van der Waals surface area contributed by atoms with Crippen molar-refractivity contribution in [1.29, 1.82) is 0 Å². The Morgan fingerprint density at radius 2 is 2.33 bits per heavy atom. The maximum absolute atomic E-state index is 12.0. The number of nitrogens with one attached hydrogen (secondary N) is 1. The second-order valence-corrected chi connectivity index (χ2v) is 6.23. The summed E-state index contributed by atoms with van der Waals surface area (Å²) in [6.07, 6.45) is 1.88. The zero-order valence-electron chi connectivity index (χ0n) is 9.09. The summed E-state index contributed by atoms with van der Waals surface area (Å²) in [5.74, 6) is -0.161. The highest BCUT2D eigenvalue weighted by atomic mass is 79.9. The lowest BCUT2D eigenvalue weighted by Crippen LogP contribution is -2.23. The van der Waals surface area contributed by atoms with Crippen LogP contribution in [0, 0.1) is 0 Å². The molecule has 0 saturated carbocycles. The molecule has 0 aromatic carbocycles. The van der Waals surface area contributed by atoms with Gasteiger partial charge in [0.1, 0.15) is 4.60 Å². The predicted molar refractivity (Wildman–Crippen MR) is 76.3 cm³/mol. The van der Waals surface area contributed by atoms with Crippen molar-refractivity contribution in [1.82, 2.24) is 14.7 Å². The lowest BCUT2D eigenvalue weighted by molar-refractivity contribution is 0.0946. The molecule has 0 radical (unpaired) electrons. The standard InChI is InChI=1S/C11H8BrN3OS2/c12-9-8(14-11-15(9)3-5-18-11)10(16)13-6-7-2-1-4-17-7/h1-5H,6H2,(H,13,16). The Balaban J connectivity index is 1.79. The highest BCUT2D eigenvalue weighted by Crippen LogP contribution is 2.22. The Labute approximate surface area is 119 Å². The first-order valence-electron chi connectivity index (χ1n) is 5.17. The van der Waals surface area contributed by atoms with Crippen molar-refractivity contribution in [2.75, 3.05) is 0 Å². The van der Waals surface area contributed by atoms with Crippen molar-refractivity contribution in [3.63, 3.8) is 0 Å². The number of aromatic nitrogens is 2. The molecule has 92 valence electrons. The number of thiophene rings is 1. The third-order valence-corrected chi connectivity index (χ3v) is 4.81. The zero-order chi connectivity index (χ0) is 12.5. The average molecular weight is 342 g/mol. The molecule has 4 nitrogen and oxygen atoms in total. The number of carbonyl (C=O) groups excluding carboxylic acids is 1. The van der Waals surface area contributed by atoms with E-state index in [0.717, 1.165) is 9.84 Å². The van der Waals surface area contributed by atoms with Gasteiger partial charge < -0.3 is 5.32 Å². The van der Waals surface area contributed by atoms with Gasteiger partial charge >= 0.3 is 0 Å². The van der Waals surface area contributed by atoms with E-state index in [0.29, 0.717) is 16.8 Å². The molecule has 0 unspecified atom stereocenters. The fourth-order valence-electron chi connectivity index (χ4n) is 1.57. The van der Waals surface area contributed by atoms with Crippen LogP contribution in [0.25, 0.3) is 4.96 Å². The lowest BCUT2D eigenvalue weighted by Gasteiger charge is -2.01. The van der Waals surface area contributed by atoms with Gasteiger partial charge in [0.05, 0.1) is 6.54 Å². The molecule has 7 heteroatoms. The molecular weight excluding hydrogens is 334 g/mol. The van der Waals surface area contributed by atoms with Gasteiger partial charge in [-0.1, -0.05) is 6.07 Å². The topological polar surface area (TPSA) is 46.4 Å². The average Bonchev–Trinajstić information content (AvgIpc) is 3.05. The summed E-state index contributed by atoms with van der Waals surface area (Å²) in [5, 5.41) is 6.78. The van der Waals surface area contributed by atoms with Crippen LogP contribution in [0.3, 0.4) is 0 Å². The van der Waals surface area contributed by atoms with E-state index in [2.05, 4.69) is 26.2 Å². The van der Waals surface area contributed by atoms with Crippen LogP contribution in [0.4, 0.5) is 0 Å². The van der Waals surface area contributed by atoms with Gasteiger partial charge in [0.15, 0.2) is 10.7 Å². The number of halogens is 1. The highest BCUT2D eigenvalue weighted by molar-refractivity contribution is 9.10. The minimum absolute atomic E-state index is 0.161. The van der Waals surface area contributed by atoms with E-state index in [1.54, 1.807) is 11.3 Å². The second-order valence-electron chi connectivity index (χ2n) is 3.57. The van der Waals surface area contributed by atoms with Crippen LogP contribution >= 0.6 is 38.6 Å². The number of nitrogens with zero attached hydrogens (tertiary/aromatic N) is 2. The van der Waals surface area contributed by atoms with Gasteiger partial charge in [-0.15, -0.1) is 22.7 Å². The molecule has 1 amide bonds. The van der Waals surface area contributed by atoms with Crippen LogP contribution in [0.1, 0.15) is 15.4 Å². The first-order valence-corrected chi connectivity index (χ1v) is 7.72. The van der Waals surface area contributed by atoms with Gasteiger partial charge in [-0.25, -0.2) is 4.98 Å². The molecule has 0 saturated heterocycles. The van der Waals surface area contributed by atoms with Gasteiger partial charge in [-0.3, -0.25) is 9.20 Å². The molecule has 3 aromatic rings. The molecule has 0 aliphatic carbocycles. The smallest absolute Gasteiger partial charge is 0.273 e. The molecule has 0 fully saturated rings. The minimum atomic E-state index is -0.161. The monoisotopic (exact) mass is 341 g/mol. The van der Waals surface area contributed by atoms with Crippen LogP contribution in [0.2, 0.25) is 0 Å². The van der Waals surface area contributed by atoms with Crippen LogP contribution in [0.15, 0.2) is 33.7 Å². The summed E-state index contributed by atoms with van der Waals surface area (Å²) in [4.78, 5) is 18.3. The SMILES string of the molecule is O=C(NCc1cccs1)c1nc2sccn2c1Br. The minimum Gasteiger partial charge on any atom is -0.346 e. The summed E-state index contributed by atoms with van der Waals surface area (Å²) in [5.41, 5.74) is 0.429. The first-order chi connectivity index (χ1) is 8.75. The lowest BCUT2D eigenvalue weighted by atomic mass is 10.4. The summed E-state index contributed by atoms with van der Waals surface area (Å²) in [7, 11) is 0. The number of carbonyl (C=O) groups is 1. The van der Waals surface area contributed by atoms with Crippen molar-refractivity contribution in [3.8, 4) is 0 Å². The molecule has 1 N–H and O–H groups in total. The van der Waals surface area contributed by atoms with Crippen LogP contribution in [-0.4, -0.2) is 15.3 Å². The fourth-order valence-corrected chi connectivity index (χ4v) is 3.60. The highest BCUT2D eigenvalue weighted by Gasteiger charge is 2.17. The number of fused-ring (bicyclic) bond motifs is 1. The van der Waals surface area contributed by atoms with Crippen molar-refractivity contribution >= 4 is 49.5 Å². The van der Waals surface area contributed by atoms with Crippen molar-refractivity contribution in [2.45, 2.75) is 6.54 Å². The molecule has 3 rings (SSSR count). The molecule has 0 spiro atoms. The van der Waals surface area contributed by atoms with Crippen molar-refractivity contribution in [3.05, 3.63) is 44.3 Å². The Morgan fingerprint density at radius 1 is 1.44 bits per heavy atom. The number of thiazole rings is 1. The second kappa shape index (κ2) is 4.83. The normalized spacial score (nSPS) is 10.9. The Kier molecular flexibility index (Phi) is 3.19. The van der Waals surface area contributed by atoms with Crippen LogP contribution in [-0.2, 0) is 6.54 Å². The first kappa shape index (κ1) is 11.9. The van der Waals surface area contributed by atoms with E-state index in [-0.39, 0.29) is 5.91 Å². The maximum Gasteiger partial charge on any atom is 0.273 e. The maximum atomic E-state index is 12.0. The van der Waals surface area contributed by atoms with E-state index >= 15 is 0 Å². The Bertz CT molecular complexity index is 686.